The fourth-order valence-electron chi connectivity index (χ4n) is 2.69. The van der Waals surface area contributed by atoms with Gasteiger partial charge in [-0.15, -0.1) is 0 Å². The summed E-state index contributed by atoms with van der Waals surface area (Å²) in [6.45, 7) is 4.28. The highest BCUT2D eigenvalue weighted by Gasteiger charge is 2.02. The molecular formula is C21H21N. The Morgan fingerprint density at radius 1 is 0.636 bits per heavy atom. The van der Waals surface area contributed by atoms with Gasteiger partial charge in [-0.25, -0.2) is 0 Å². The van der Waals surface area contributed by atoms with Crippen LogP contribution in [0.15, 0.2) is 72.8 Å². The molecule has 0 radical (unpaired) electrons. The van der Waals surface area contributed by atoms with E-state index in [9.17, 15) is 0 Å². The molecule has 0 aliphatic carbocycles. The number of benzene rings is 3. The molecule has 22 heavy (non-hydrogen) atoms. The molecule has 0 unspecified atom stereocenters. The summed E-state index contributed by atoms with van der Waals surface area (Å²) in [5.74, 6) is 0. The Labute approximate surface area is 132 Å². The van der Waals surface area contributed by atoms with Crippen molar-refractivity contribution in [2.45, 2.75) is 20.3 Å². The number of para-hydroxylation sites is 1. The van der Waals surface area contributed by atoms with Gasteiger partial charge in [0, 0.05) is 11.4 Å². The molecule has 0 aromatic heterocycles. The summed E-state index contributed by atoms with van der Waals surface area (Å²) in [7, 11) is 0. The van der Waals surface area contributed by atoms with Crippen LogP contribution in [0.3, 0.4) is 0 Å². The molecular weight excluding hydrogens is 266 g/mol. The Morgan fingerprint density at radius 3 is 1.86 bits per heavy atom. The van der Waals surface area contributed by atoms with Crippen molar-refractivity contribution in [3.05, 3.63) is 95.1 Å². The molecule has 0 saturated heterocycles. The van der Waals surface area contributed by atoms with Gasteiger partial charge in [-0.2, -0.15) is 0 Å². The molecule has 0 aliphatic heterocycles. The second-order valence-corrected chi connectivity index (χ2v) is 5.75. The Balaban J connectivity index is 1.74. The maximum atomic E-state index is 3.53. The normalized spacial score (nSPS) is 10.5. The fraction of sp³-hybridized carbons (Fsp3) is 0.143. The van der Waals surface area contributed by atoms with E-state index in [-0.39, 0.29) is 0 Å². The van der Waals surface area contributed by atoms with Gasteiger partial charge in [-0.1, -0.05) is 60.7 Å². The Bertz CT molecular complexity index is 722. The van der Waals surface area contributed by atoms with Crippen LogP contribution in [0.25, 0.3) is 0 Å². The lowest BCUT2D eigenvalue weighted by molar-refractivity contribution is 1.19. The quantitative estimate of drug-likeness (QED) is 0.655. The summed E-state index contributed by atoms with van der Waals surface area (Å²) in [4.78, 5) is 0. The van der Waals surface area contributed by atoms with E-state index in [2.05, 4.69) is 92.0 Å². The van der Waals surface area contributed by atoms with Crippen LogP contribution < -0.4 is 5.32 Å². The molecule has 3 aromatic rings. The smallest absolute Gasteiger partial charge is 0.0443 e. The molecule has 0 fully saturated rings. The highest BCUT2D eigenvalue weighted by atomic mass is 14.9. The van der Waals surface area contributed by atoms with Gasteiger partial charge < -0.3 is 5.32 Å². The van der Waals surface area contributed by atoms with Crippen LogP contribution in [-0.2, 0) is 6.42 Å². The summed E-state index contributed by atoms with van der Waals surface area (Å²) in [6.07, 6.45) is 0.977. The summed E-state index contributed by atoms with van der Waals surface area (Å²) in [5.41, 5.74) is 7.56. The summed E-state index contributed by atoms with van der Waals surface area (Å²) < 4.78 is 0. The second kappa shape index (κ2) is 6.48. The number of rotatable bonds is 4. The molecule has 0 bridgehead atoms. The van der Waals surface area contributed by atoms with E-state index < -0.39 is 0 Å². The lowest BCUT2D eigenvalue weighted by Crippen LogP contribution is -1.96. The van der Waals surface area contributed by atoms with Crippen molar-refractivity contribution in [3.63, 3.8) is 0 Å². The minimum Gasteiger partial charge on any atom is -0.355 e. The third kappa shape index (κ3) is 3.37. The van der Waals surface area contributed by atoms with Crippen molar-refractivity contribution < 1.29 is 0 Å². The molecule has 110 valence electrons. The maximum absolute atomic E-state index is 3.53. The van der Waals surface area contributed by atoms with E-state index in [1.54, 1.807) is 0 Å². The first kappa shape index (κ1) is 14.4. The number of nitrogens with one attached hydrogen (secondary N) is 1. The monoisotopic (exact) mass is 287 g/mol. The Hall–Kier alpha value is -2.54. The molecule has 1 N–H and O–H groups in total. The Kier molecular flexibility index (Phi) is 4.24. The number of hydrogen-bond donors (Lipinski definition) is 1. The molecule has 0 heterocycles. The molecule has 1 nitrogen and oxygen atoms in total. The molecule has 0 amide bonds. The zero-order valence-electron chi connectivity index (χ0n) is 13.1. The topological polar surface area (TPSA) is 12.0 Å². The maximum Gasteiger partial charge on any atom is 0.0443 e. The number of anilines is 2. The average molecular weight is 287 g/mol. The van der Waals surface area contributed by atoms with Crippen molar-refractivity contribution >= 4 is 11.4 Å². The van der Waals surface area contributed by atoms with Gasteiger partial charge in [0.2, 0.25) is 0 Å². The second-order valence-electron chi connectivity index (χ2n) is 5.75. The highest BCUT2D eigenvalue weighted by molar-refractivity contribution is 5.66. The van der Waals surface area contributed by atoms with Crippen LogP contribution in [0.5, 0.6) is 0 Å². The van der Waals surface area contributed by atoms with Gasteiger partial charge in [0.15, 0.2) is 0 Å². The van der Waals surface area contributed by atoms with E-state index in [0.717, 1.165) is 12.1 Å². The molecule has 0 aliphatic rings. The zero-order valence-corrected chi connectivity index (χ0v) is 13.1. The van der Waals surface area contributed by atoms with Gasteiger partial charge in [0.1, 0.15) is 0 Å². The summed E-state index contributed by atoms with van der Waals surface area (Å²) in [6, 6.07) is 25.7. The van der Waals surface area contributed by atoms with Gasteiger partial charge in [0.05, 0.1) is 0 Å². The van der Waals surface area contributed by atoms with Gasteiger partial charge in [-0.3, -0.25) is 0 Å². The van der Waals surface area contributed by atoms with E-state index in [1.165, 1.54) is 27.9 Å². The van der Waals surface area contributed by atoms with Crippen LogP contribution in [0.4, 0.5) is 11.4 Å². The largest absolute Gasteiger partial charge is 0.355 e. The molecule has 0 spiro atoms. The number of aryl methyl sites for hydroxylation is 2. The standard InChI is InChI=1S/C21H21N/c1-16-7-6-8-17(2)21(16)22-20-13-11-19(12-14-20)15-18-9-4-3-5-10-18/h3-14,22H,15H2,1-2H3. The van der Waals surface area contributed by atoms with Gasteiger partial charge in [-0.05, 0) is 54.7 Å². The van der Waals surface area contributed by atoms with Crippen molar-refractivity contribution in [3.8, 4) is 0 Å². The predicted octanol–water partition coefficient (Wildman–Crippen LogP) is 5.64. The minimum atomic E-state index is 0.977. The molecule has 0 saturated carbocycles. The van der Waals surface area contributed by atoms with Crippen molar-refractivity contribution in [2.75, 3.05) is 5.32 Å². The van der Waals surface area contributed by atoms with Gasteiger partial charge >= 0.3 is 0 Å². The van der Waals surface area contributed by atoms with E-state index in [1.807, 2.05) is 0 Å². The fourth-order valence-corrected chi connectivity index (χ4v) is 2.69. The number of hydrogen-bond acceptors (Lipinski definition) is 1. The summed E-state index contributed by atoms with van der Waals surface area (Å²) >= 11 is 0. The first-order valence-electron chi connectivity index (χ1n) is 7.68. The minimum absolute atomic E-state index is 0.977. The summed E-state index contributed by atoms with van der Waals surface area (Å²) in [5, 5.41) is 3.53. The lowest BCUT2D eigenvalue weighted by Gasteiger charge is -2.13. The average Bonchev–Trinajstić information content (AvgIpc) is 2.54. The van der Waals surface area contributed by atoms with Crippen LogP contribution in [0.2, 0.25) is 0 Å². The third-order valence-corrected chi connectivity index (χ3v) is 3.96. The third-order valence-electron chi connectivity index (χ3n) is 3.96. The van der Waals surface area contributed by atoms with Crippen molar-refractivity contribution in [2.24, 2.45) is 0 Å². The SMILES string of the molecule is Cc1cccc(C)c1Nc1ccc(Cc2ccccc2)cc1. The molecule has 3 aromatic carbocycles. The van der Waals surface area contributed by atoms with Crippen LogP contribution in [0.1, 0.15) is 22.3 Å². The van der Waals surface area contributed by atoms with Crippen molar-refractivity contribution in [1.29, 1.82) is 0 Å². The zero-order chi connectivity index (χ0) is 15.4. The predicted molar refractivity (Wildman–Crippen MR) is 94.9 cm³/mol. The first-order chi connectivity index (χ1) is 10.7. The van der Waals surface area contributed by atoms with Gasteiger partial charge in [0.25, 0.3) is 0 Å². The van der Waals surface area contributed by atoms with E-state index >= 15 is 0 Å². The molecule has 1 heteroatoms. The molecule has 3 rings (SSSR count). The first-order valence-corrected chi connectivity index (χ1v) is 7.68. The molecule has 0 atom stereocenters. The van der Waals surface area contributed by atoms with Crippen molar-refractivity contribution in [1.82, 2.24) is 0 Å². The van der Waals surface area contributed by atoms with Crippen LogP contribution in [0, 0.1) is 13.8 Å². The van der Waals surface area contributed by atoms with Crippen LogP contribution >= 0.6 is 0 Å². The Morgan fingerprint density at radius 2 is 1.23 bits per heavy atom. The highest BCUT2D eigenvalue weighted by Crippen LogP contribution is 2.24. The van der Waals surface area contributed by atoms with Crippen LogP contribution in [-0.4, -0.2) is 0 Å². The van der Waals surface area contributed by atoms with E-state index in [0.29, 0.717) is 0 Å². The van der Waals surface area contributed by atoms with E-state index in [4.69, 9.17) is 0 Å². The lowest BCUT2D eigenvalue weighted by atomic mass is 10.0.